The second kappa shape index (κ2) is 9.13. The molecule has 2 heterocycles. The van der Waals surface area contributed by atoms with E-state index < -0.39 is 12.0 Å². The Morgan fingerprint density at radius 2 is 2.06 bits per heavy atom. The molecule has 2 aromatic carbocycles. The summed E-state index contributed by atoms with van der Waals surface area (Å²) in [7, 11) is 2.80. The third-order valence-corrected chi connectivity index (χ3v) is 6.33. The predicted octanol–water partition coefficient (Wildman–Crippen LogP) is 4.40. The number of allylic oxidation sites excluding steroid dienone is 1. The second-order valence-corrected chi connectivity index (χ2v) is 8.38. The first-order valence-electron chi connectivity index (χ1n) is 9.68. The van der Waals surface area contributed by atoms with Gasteiger partial charge in [0.25, 0.3) is 0 Å². The highest BCUT2D eigenvalue weighted by Crippen LogP contribution is 2.39. The van der Waals surface area contributed by atoms with Crippen molar-refractivity contribution in [3.8, 4) is 11.5 Å². The van der Waals surface area contributed by atoms with Gasteiger partial charge in [0.15, 0.2) is 11.5 Å². The van der Waals surface area contributed by atoms with Crippen molar-refractivity contribution in [1.82, 2.24) is 14.8 Å². The number of hydrogen-bond donors (Lipinski definition) is 2. The summed E-state index contributed by atoms with van der Waals surface area (Å²) in [6, 6.07) is 11.9. The Balaban J connectivity index is 1.74. The summed E-state index contributed by atoms with van der Waals surface area (Å²) >= 11 is 7.70. The number of halogens is 1. The minimum atomic E-state index is -0.615. The summed E-state index contributed by atoms with van der Waals surface area (Å²) in [4.78, 5) is 17.3. The molecule has 1 unspecified atom stereocenters. The molecule has 0 radical (unpaired) electrons. The van der Waals surface area contributed by atoms with Crippen LogP contribution < -0.4 is 10.1 Å². The number of esters is 1. The molecule has 32 heavy (non-hydrogen) atoms. The Labute approximate surface area is 194 Å². The van der Waals surface area contributed by atoms with Gasteiger partial charge in [-0.25, -0.2) is 9.48 Å². The number of benzene rings is 2. The number of nitrogens with zero attached hydrogens (tertiary/aromatic N) is 3. The normalized spacial score (nSPS) is 15.2. The minimum Gasteiger partial charge on any atom is -0.504 e. The molecule has 1 atom stereocenters. The summed E-state index contributed by atoms with van der Waals surface area (Å²) in [5, 5.41) is 19.0. The van der Waals surface area contributed by atoms with E-state index in [9.17, 15) is 9.90 Å². The molecular formula is C22H21ClN4O4S. The number of aromatic nitrogens is 3. The summed E-state index contributed by atoms with van der Waals surface area (Å²) in [6.45, 7) is 1.78. The van der Waals surface area contributed by atoms with Gasteiger partial charge in [-0.1, -0.05) is 47.6 Å². The van der Waals surface area contributed by atoms with E-state index in [1.165, 1.54) is 32.0 Å². The highest BCUT2D eigenvalue weighted by atomic mass is 35.5. The van der Waals surface area contributed by atoms with E-state index in [2.05, 4.69) is 15.4 Å². The van der Waals surface area contributed by atoms with E-state index in [1.807, 2.05) is 24.3 Å². The zero-order valence-corrected chi connectivity index (χ0v) is 19.2. The molecule has 2 N–H and O–H groups in total. The van der Waals surface area contributed by atoms with Gasteiger partial charge in [0.1, 0.15) is 6.04 Å². The number of fused-ring (bicyclic) bond motifs is 1. The zero-order chi connectivity index (χ0) is 22.8. The molecule has 0 bridgehead atoms. The molecule has 0 amide bonds. The molecule has 10 heteroatoms. The summed E-state index contributed by atoms with van der Waals surface area (Å²) in [5.74, 6) is 0.891. The fourth-order valence-corrected chi connectivity index (χ4v) is 4.61. The molecule has 3 aromatic rings. The number of anilines is 1. The fraction of sp³-hybridized carbons (Fsp3) is 0.227. The van der Waals surface area contributed by atoms with Crippen LogP contribution in [0.2, 0.25) is 5.02 Å². The van der Waals surface area contributed by atoms with Gasteiger partial charge in [0.05, 0.1) is 19.8 Å². The summed E-state index contributed by atoms with van der Waals surface area (Å²) in [6.07, 6.45) is 0. The number of carbonyl (C=O) groups is 1. The summed E-state index contributed by atoms with van der Waals surface area (Å²) in [5.41, 5.74) is 2.66. The van der Waals surface area contributed by atoms with Gasteiger partial charge >= 0.3 is 5.97 Å². The van der Waals surface area contributed by atoms with Gasteiger partial charge in [-0.05, 0) is 36.2 Å². The van der Waals surface area contributed by atoms with Gasteiger partial charge in [-0.3, -0.25) is 0 Å². The van der Waals surface area contributed by atoms with Crippen LogP contribution in [0.1, 0.15) is 24.1 Å². The molecule has 0 spiro atoms. The largest absolute Gasteiger partial charge is 0.504 e. The molecule has 4 rings (SSSR count). The van der Waals surface area contributed by atoms with Crippen molar-refractivity contribution in [2.75, 3.05) is 19.5 Å². The number of aromatic hydroxyl groups is 1. The van der Waals surface area contributed by atoms with Crippen molar-refractivity contribution in [2.45, 2.75) is 23.9 Å². The van der Waals surface area contributed by atoms with E-state index in [0.29, 0.717) is 38.7 Å². The van der Waals surface area contributed by atoms with Crippen molar-refractivity contribution in [3.63, 3.8) is 0 Å². The molecule has 0 fully saturated rings. The number of hydrogen-bond acceptors (Lipinski definition) is 8. The monoisotopic (exact) mass is 472 g/mol. The van der Waals surface area contributed by atoms with Crippen LogP contribution in [0.3, 0.4) is 0 Å². The number of phenols is 1. The first kappa shape index (κ1) is 22.0. The van der Waals surface area contributed by atoms with Crippen LogP contribution in [0, 0.1) is 0 Å². The highest BCUT2D eigenvalue weighted by molar-refractivity contribution is 7.98. The lowest BCUT2D eigenvalue weighted by atomic mass is 9.95. The van der Waals surface area contributed by atoms with Crippen LogP contribution in [0.4, 0.5) is 5.95 Å². The van der Waals surface area contributed by atoms with Gasteiger partial charge in [0, 0.05) is 16.5 Å². The third-order valence-electron chi connectivity index (χ3n) is 5.07. The van der Waals surface area contributed by atoms with E-state index >= 15 is 0 Å². The highest BCUT2D eigenvalue weighted by Gasteiger charge is 2.35. The Hall–Kier alpha value is -3.17. The smallest absolute Gasteiger partial charge is 0.338 e. The number of carbonyl (C=O) groups excluding carboxylic acids is 1. The van der Waals surface area contributed by atoms with Crippen molar-refractivity contribution >= 4 is 35.3 Å². The number of phenolic OH excluding ortho intramolecular Hbond substituents is 1. The van der Waals surface area contributed by atoms with E-state index in [1.54, 1.807) is 23.7 Å². The van der Waals surface area contributed by atoms with E-state index in [0.717, 1.165) is 5.56 Å². The van der Waals surface area contributed by atoms with Crippen molar-refractivity contribution in [1.29, 1.82) is 0 Å². The lowest BCUT2D eigenvalue weighted by Gasteiger charge is -2.28. The molecule has 0 aliphatic carbocycles. The van der Waals surface area contributed by atoms with Gasteiger partial charge in [-0.2, -0.15) is 4.98 Å². The lowest BCUT2D eigenvalue weighted by molar-refractivity contribution is -0.136. The van der Waals surface area contributed by atoms with Crippen LogP contribution in [-0.4, -0.2) is 40.1 Å². The second-order valence-electron chi connectivity index (χ2n) is 7.03. The predicted molar refractivity (Wildman–Crippen MR) is 122 cm³/mol. The maximum atomic E-state index is 12.7. The first-order chi connectivity index (χ1) is 15.4. The van der Waals surface area contributed by atoms with Crippen molar-refractivity contribution in [2.24, 2.45) is 0 Å². The Morgan fingerprint density at radius 1 is 1.28 bits per heavy atom. The average Bonchev–Trinajstić information content (AvgIpc) is 3.20. The summed E-state index contributed by atoms with van der Waals surface area (Å²) < 4.78 is 11.9. The molecular weight excluding hydrogens is 452 g/mol. The van der Waals surface area contributed by atoms with Crippen molar-refractivity contribution in [3.05, 3.63) is 69.9 Å². The molecule has 1 aliphatic rings. The third kappa shape index (κ3) is 4.13. The number of rotatable bonds is 6. The Bertz CT molecular complexity index is 1210. The molecule has 1 aromatic heterocycles. The topological polar surface area (TPSA) is 98.5 Å². The van der Waals surface area contributed by atoms with Crippen LogP contribution >= 0.6 is 23.4 Å². The van der Waals surface area contributed by atoms with Gasteiger partial charge in [-0.15, -0.1) is 5.10 Å². The van der Waals surface area contributed by atoms with Crippen LogP contribution in [0.25, 0.3) is 0 Å². The SMILES string of the molecule is COC(=O)C1=C(C)Nc2nc(SCc3ccccc3Cl)nn2C1c1ccc(O)c(OC)c1. The average molecular weight is 473 g/mol. The molecule has 166 valence electrons. The van der Waals surface area contributed by atoms with Crippen LogP contribution in [0.15, 0.2) is 58.9 Å². The standard InChI is InChI=1S/C22H21ClN4O4S/c1-12-18(20(29)31-3)19(13-8-9-16(28)17(10-13)30-2)27-21(24-12)25-22(26-27)32-11-14-6-4-5-7-15(14)23/h4-10,19,28H,11H2,1-3H3,(H,24,25,26). The molecule has 0 saturated heterocycles. The van der Waals surface area contributed by atoms with Crippen LogP contribution in [0.5, 0.6) is 11.5 Å². The lowest BCUT2D eigenvalue weighted by Crippen LogP contribution is -2.29. The number of ether oxygens (including phenoxy) is 2. The van der Waals surface area contributed by atoms with Crippen molar-refractivity contribution < 1.29 is 19.4 Å². The quantitative estimate of drug-likeness (QED) is 0.402. The number of methoxy groups -OCH3 is 2. The number of thioether (sulfide) groups is 1. The minimum absolute atomic E-state index is 0.000280. The fourth-order valence-electron chi connectivity index (χ4n) is 3.50. The van der Waals surface area contributed by atoms with Crippen LogP contribution in [-0.2, 0) is 15.3 Å². The molecule has 0 saturated carbocycles. The van der Waals surface area contributed by atoms with E-state index in [-0.39, 0.29) is 11.5 Å². The first-order valence-corrected chi connectivity index (χ1v) is 11.0. The van der Waals surface area contributed by atoms with E-state index in [4.69, 9.17) is 21.1 Å². The van der Waals surface area contributed by atoms with Gasteiger partial charge in [0.2, 0.25) is 11.1 Å². The molecule has 1 aliphatic heterocycles. The van der Waals surface area contributed by atoms with Gasteiger partial charge < -0.3 is 19.9 Å². The zero-order valence-electron chi connectivity index (χ0n) is 17.6. The molecule has 8 nitrogen and oxygen atoms in total. The number of nitrogens with one attached hydrogen (secondary N) is 1. The Morgan fingerprint density at radius 3 is 2.78 bits per heavy atom. The maximum Gasteiger partial charge on any atom is 0.338 e. The Kier molecular flexibility index (Phi) is 6.29. The maximum absolute atomic E-state index is 12.7.